The molecule has 1 saturated heterocycles. The lowest BCUT2D eigenvalue weighted by Gasteiger charge is -2.16. The molecule has 0 bridgehead atoms. The van der Waals surface area contributed by atoms with E-state index >= 15 is 0 Å². The van der Waals surface area contributed by atoms with Gasteiger partial charge in [-0.15, -0.1) is 0 Å². The van der Waals surface area contributed by atoms with E-state index < -0.39 is 0 Å². The van der Waals surface area contributed by atoms with Gasteiger partial charge in [-0.05, 0) is 11.8 Å². The summed E-state index contributed by atoms with van der Waals surface area (Å²) in [7, 11) is 1.46. The number of rotatable bonds is 5. The predicted molar refractivity (Wildman–Crippen MR) is 74.8 cm³/mol. The Hall–Kier alpha value is -1.43. The van der Waals surface area contributed by atoms with E-state index in [1.54, 1.807) is 6.33 Å². The van der Waals surface area contributed by atoms with Gasteiger partial charge in [0.2, 0.25) is 0 Å². The van der Waals surface area contributed by atoms with Crippen LogP contribution in [-0.4, -0.2) is 45.8 Å². The number of hydrogen-bond donors (Lipinski definition) is 0. The van der Waals surface area contributed by atoms with Gasteiger partial charge in [-0.1, -0.05) is 20.8 Å². The van der Waals surface area contributed by atoms with Gasteiger partial charge in [-0.3, -0.25) is 9.69 Å². The van der Waals surface area contributed by atoms with Crippen molar-refractivity contribution in [2.75, 3.05) is 20.2 Å². The van der Waals surface area contributed by atoms with Crippen LogP contribution in [0.3, 0.4) is 0 Å². The molecule has 6 heteroatoms. The molecule has 1 fully saturated rings. The van der Waals surface area contributed by atoms with Crippen LogP contribution in [0, 0.1) is 17.8 Å². The summed E-state index contributed by atoms with van der Waals surface area (Å²) in [5, 5.41) is 4.27. The molecule has 1 aliphatic rings. The number of hydrogen-bond acceptors (Lipinski definition) is 5. The summed E-state index contributed by atoms with van der Waals surface area (Å²) in [5.41, 5.74) is 0. The van der Waals surface area contributed by atoms with Crippen LogP contribution in [0.5, 0.6) is 0 Å². The molecule has 1 aliphatic heterocycles. The standard InChI is InChI=1S/C14H24N4O2/c1-10(2)5-18-13(15-9-16-18)8-17-6-11(3)12(7-17)14(19)20-4/h9-12H,5-8H2,1-4H3. The van der Waals surface area contributed by atoms with Gasteiger partial charge in [-0.2, -0.15) is 5.10 Å². The molecule has 0 saturated carbocycles. The van der Waals surface area contributed by atoms with E-state index in [9.17, 15) is 4.79 Å². The fourth-order valence-electron chi connectivity index (χ4n) is 2.76. The van der Waals surface area contributed by atoms with Crippen molar-refractivity contribution < 1.29 is 9.53 Å². The second-order valence-electron chi connectivity index (χ2n) is 6.05. The van der Waals surface area contributed by atoms with Gasteiger partial charge in [0.25, 0.3) is 0 Å². The van der Waals surface area contributed by atoms with Crippen molar-refractivity contribution in [2.24, 2.45) is 17.8 Å². The average molecular weight is 280 g/mol. The highest BCUT2D eigenvalue weighted by atomic mass is 16.5. The molecule has 2 atom stereocenters. The Kier molecular flexibility index (Phi) is 4.75. The Labute approximate surface area is 120 Å². The lowest BCUT2D eigenvalue weighted by atomic mass is 9.99. The fraction of sp³-hybridized carbons (Fsp3) is 0.786. The monoisotopic (exact) mass is 280 g/mol. The smallest absolute Gasteiger partial charge is 0.310 e. The van der Waals surface area contributed by atoms with Gasteiger partial charge in [0.05, 0.1) is 19.6 Å². The molecule has 1 aromatic heterocycles. The highest BCUT2D eigenvalue weighted by Crippen LogP contribution is 2.25. The second-order valence-corrected chi connectivity index (χ2v) is 6.05. The largest absolute Gasteiger partial charge is 0.469 e. The fourth-order valence-corrected chi connectivity index (χ4v) is 2.76. The minimum absolute atomic E-state index is 0.0264. The van der Waals surface area contributed by atoms with E-state index in [-0.39, 0.29) is 11.9 Å². The van der Waals surface area contributed by atoms with Crippen molar-refractivity contribution in [3.05, 3.63) is 12.2 Å². The first-order valence-corrected chi connectivity index (χ1v) is 7.18. The van der Waals surface area contributed by atoms with Gasteiger partial charge in [-0.25, -0.2) is 9.67 Å². The van der Waals surface area contributed by atoms with Crippen LogP contribution >= 0.6 is 0 Å². The first-order valence-electron chi connectivity index (χ1n) is 7.18. The third-order valence-electron chi connectivity index (χ3n) is 3.79. The molecule has 2 unspecified atom stereocenters. The van der Waals surface area contributed by atoms with Crippen molar-refractivity contribution in [1.82, 2.24) is 19.7 Å². The molecule has 0 amide bonds. The number of ether oxygens (including phenoxy) is 1. The Bertz CT molecular complexity index is 458. The van der Waals surface area contributed by atoms with Crippen molar-refractivity contribution in [2.45, 2.75) is 33.9 Å². The predicted octanol–water partition coefficient (Wildman–Crippen LogP) is 1.17. The van der Waals surface area contributed by atoms with Crippen LogP contribution in [0.2, 0.25) is 0 Å². The van der Waals surface area contributed by atoms with Gasteiger partial charge in [0, 0.05) is 19.6 Å². The lowest BCUT2D eigenvalue weighted by Crippen LogP contribution is -2.26. The molecule has 1 aromatic rings. The third kappa shape index (κ3) is 3.36. The van der Waals surface area contributed by atoms with Crippen molar-refractivity contribution in [3.8, 4) is 0 Å². The molecule has 0 radical (unpaired) electrons. The average Bonchev–Trinajstić information content (AvgIpc) is 2.96. The molecule has 0 aliphatic carbocycles. The maximum Gasteiger partial charge on any atom is 0.310 e. The lowest BCUT2D eigenvalue weighted by molar-refractivity contribution is -0.146. The van der Waals surface area contributed by atoms with Crippen molar-refractivity contribution >= 4 is 5.97 Å². The minimum atomic E-state index is -0.108. The molecule has 2 rings (SSSR count). The van der Waals surface area contributed by atoms with Gasteiger partial charge < -0.3 is 4.74 Å². The zero-order valence-corrected chi connectivity index (χ0v) is 12.7. The number of nitrogens with zero attached hydrogens (tertiary/aromatic N) is 4. The number of carbonyl (C=O) groups is 1. The number of carbonyl (C=O) groups excluding carboxylic acids is 1. The van der Waals surface area contributed by atoms with Crippen LogP contribution in [0.4, 0.5) is 0 Å². The maximum absolute atomic E-state index is 11.7. The van der Waals surface area contributed by atoms with E-state index in [2.05, 4.69) is 35.8 Å². The summed E-state index contributed by atoms with van der Waals surface area (Å²) in [6.07, 6.45) is 1.61. The second kappa shape index (κ2) is 6.35. The van der Waals surface area contributed by atoms with Gasteiger partial charge >= 0.3 is 5.97 Å². The van der Waals surface area contributed by atoms with E-state index in [0.717, 1.165) is 32.0 Å². The number of methoxy groups -OCH3 is 1. The van der Waals surface area contributed by atoms with E-state index in [4.69, 9.17) is 4.74 Å². The Balaban J connectivity index is 1.98. The zero-order chi connectivity index (χ0) is 14.7. The van der Waals surface area contributed by atoms with E-state index in [1.165, 1.54) is 7.11 Å². The minimum Gasteiger partial charge on any atom is -0.469 e. The van der Waals surface area contributed by atoms with Crippen LogP contribution in [0.25, 0.3) is 0 Å². The van der Waals surface area contributed by atoms with E-state index in [0.29, 0.717) is 11.8 Å². The molecule has 20 heavy (non-hydrogen) atoms. The molecular weight excluding hydrogens is 256 g/mol. The van der Waals surface area contributed by atoms with Crippen LogP contribution in [0.15, 0.2) is 6.33 Å². The zero-order valence-electron chi connectivity index (χ0n) is 12.7. The number of esters is 1. The summed E-state index contributed by atoms with van der Waals surface area (Å²) < 4.78 is 6.82. The molecular formula is C14H24N4O2. The molecule has 0 spiro atoms. The Morgan fingerprint density at radius 1 is 1.50 bits per heavy atom. The summed E-state index contributed by atoms with van der Waals surface area (Å²) in [4.78, 5) is 18.3. The molecule has 6 nitrogen and oxygen atoms in total. The first-order chi connectivity index (χ1) is 9.51. The maximum atomic E-state index is 11.7. The summed E-state index contributed by atoms with van der Waals surface area (Å²) in [6, 6.07) is 0. The van der Waals surface area contributed by atoms with Crippen LogP contribution in [0.1, 0.15) is 26.6 Å². The molecule has 2 heterocycles. The topological polar surface area (TPSA) is 60.2 Å². The molecule has 112 valence electrons. The van der Waals surface area contributed by atoms with Gasteiger partial charge in [0.15, 0.2) is 0 Å². The van der Waals surface area contributed by atoms with Crippen molar-refractivity contribution in [1.29, 1.82) is 0 Å². The highest BCUT2D eigenvalue weighted by Gasteiger charge is 2.35. The SMILES string of the molecule is COC(=O)C1CN(Cc2ncnn2CC(C)C)CC1C. The quantitative estimate of drug-likeness (QED) is 0.758. The Morgan fingerprint density at radius 3 is 2.90 bits per heavy atom. The summed E-state index contributed by atoms with van der Waals surface area (Å²) in [5.74, 6) is 1.70. The Morgan fingerprint density at radius 2 is 2.25 bits per heavy atom. The highest BCUT2D eigenvalue weighted by molar-refractivity contribution is 5.73. The summed E-state index contributed by atoms with van der Waals surface area (Å²) in [6.45, 7) is 9.67. The van der Waals surface area contributed by atoms with Crippen LogP contribution < -0.4 is 0 Å². The molecule has 0 aromatic carbocycles. The summed E-state index contributed by atoms with van der Waals surface area (Å²) >= 11 is 0. The van der Waals surface area contributed by atoms with E-state index in [1.807, 2.05) is 4.68 Å². The number of likely N-dealkylation sites (tertiary alicyclic amines) is 1. The normalized spacial score (nSPS) is 23.4. The van der Waals surface area contributed by atoms with Crippen LogP contribution in [-0.2, 0) is 22.6 Å². The van der Waals surface area contributed by atoms with Gasteiger partial charge in [0.1, 0.15) is 12.2 Å². The third-order valence-corrected chi connectivity index (χ3v) is 3.79. The molecule has 0 N–H and O–H groups in total. The van der Waals surface area contributed by atoms with Crippen molar-refractivity contribution in [3.63, 3.8) is 0 Å². The first kappa shape index (κ1) is 15.0. The number of aromatic nitrogens is 3.